The van der Waals surface area contributed by atoms with Crippen LogP contribution in [0, 0.1) is 0 Å². The number of morpholine rings is 1. The van der Waals surface area contributed by atoms with Crippen molar-refractivity contribution in [3.05, 3.63) is 17.5 Å². The number of thiophene rings is 1. The van der Waals surface area contributed by atoms with Crippen LogP contribution >= 0.6 is 35.3 Å². The fourth-order valence-electron chi connectivity index (χ4n) is 3.75. The summed E-state index contributed by atoms with van der Waals surface area (Å²) in [4.78, 5) is 9.91. The summed E-state index contributed by atoms with van der Waals surface area (Å²) >= 11 is 1.83. The first-order valence-corrected chi connectivity index (χ1v) is 11.1. The van der Waals surface area contributed by atoms with E-state index in [4.69, 9.17) is 9.73 Å². The number of halogens is 1. The molecule has 0 radical (unpaired) electrons. The minimum absolute atomic E-state index is 0. The van der Waals surface area contributed by atoms with Gasteiger partial charge in [0.15, 0.2) is 5.96 Å². The molecule has 1 aromatic heterocycles. The van der Waals surface area contributed by atoms with Crippen LogP contribution in [0.3, 0.4) is 0 Å². The van der Waals surface area contributed by atoms with Crippen molar-refractivity contribution in [1.82, 2.24) is 15.5 Å². The third-order valence-corrected chi connectivity index (χ3v) is 6.42. The van der Waals surface area contributed by atoms with Crippen LogP contribution in [0.4, 0.5) is 5.00 Å². The zero-order chi connectivity index (χ0) is 19.1. The first-order chi connectivity index (χ1) is 13.1. The molecule has 3 rings (SSSR count). The van der Waals surface area contributed by atoms with Gasteiger partial charge in [-0.25, -0.2) is 0 Å². The van der Waals surface area contributed by atoms with E-state index in [0.717, 1.165) is 71.3 Å². The zero-order valence-electron chi connectivity index (χ0n) is 17.4. The van der Waals surface area contributed by atoms with Crippen molar-refractivity contribution >= 4 is 46.3 Å². The number of anilines is 1. The second kappa shape index (κ2) is 11.6. The van der Waals surface area contributed by atoms with Crippen molar-refractivity contribution < 1.29 is 4.74 Å². The van der Waals surface area contributed by atoms with Gasteiger partial charge in [-0.1, -0.05) is 0 Å². The first kappa shape index (κ1) is 23.7. The van der Waals surface area contributed by atoms with Gasteiger partial charge < -0.3 is 20.3 Å². The molecular formula is C20H36IN5OS. The van der Waals surface area contributed by atoms with Crippen molar-refractivity contribution in [3.8, 4) is 0 Å². The predicted octanol–water partition coefficient (Wildman–Crippen LogP) is 3.00. The third-order valence-electron chi connectivity index (χ3n) is 5.49. The van der Waals surface area contributed by atoms with Crippen LogP contribution in [0.15, 0.2) is 22.5 Å². The molecule has 0 spiro atoms. The molecule has 28 heavy (non-hydrogen) atoms. The number of piperidine rings is 1. The lowest BCUT2D eigenvalue weighted by Gasteiger charge is -2.40. The number of nitrogens with zero attached hydrogens (tertiary/aromatic N) is 3. The summed E-state index contributed by atoms with van der Waals surface area (Å²) < 4.78 is 5.49. The van der Waals surface area contributed by atoms with Crippen LogP contribution < -0.4 is 15.5 Å². The molecule has 6 nitrogen and oxygen atoms in total. The van der Waals surface area contributed by atoms with Gasteiger partial charge in [-0.05, 0) is 51.1 Å². The van der Waals surface area contributed by atoms with E-state index < -0.39 is 0 Å². The molecule has 2 fully saturated rings. The van der Waals surface area contributed by atoms with Gasteiger partial charge in [-0.2, -0.15) is 0 Å². The lowest BCUT2D eigenvalue weighted by molar-refractivity contribution is -0.00684. The Morgan fingerprint density at radius 2 is 1.96 bits per heavy atom. The maximum atomic E-state index is 5.49. The van der Waals surface area contributed by atoms with Crippen LogP contribution in [0.25, 0.3) is 0 Å². The molecule has 1 aromatic rings. The Morgan fingerprint density at radius 1 is 1.25 bits per heavy atom. The zero-order valence-corrected chi connectivity index (χ0v) is 20.6. The molecule has 2 aliphatic rings. The number of hydrogen-bond donors (Lipinski definition) is 2. The Balaban J connectivity index is 0.00000280. The van der Waals surface area contributed by atoms with Gasteiger partial charge in [0.2, 0.25) is 0 Å². The topological polar surface area (TPSA) is 52.1 Å². The van der Waals surface area contributed by atoms with Crippen LogP contribution in [0.2, 0.25) is 0 Å². The maximum Gasteiger partial charge on any atom is 0.191 e. The fourth-order valence-corrected chi connectivity index (χ4v) is 4.53. The highest BCUT2D eigenvalue weighted by Gasteiger charge is 2.28. The van der Waals surface area contributed by atoms with Crippen LogP contribution in [-0.4, -0.2) is 74.9 Å². The number of rotatable bonds is 6. The summed E-state index contributed by atoms with van der Waals surface area (Å²) in [5.74, 6) is 0.952. The van der Waals surface area contributed by atoms with E-state index in [1.165, 1.54) is 5.00 Å². The number of aliphatic imine (C=N–C) groups is 1. The molecule has 0 saturated carbocycles. The SMILES string of the molecule is CCNC(=NCC(C)(C)N1CCOCC1)NC1CCN(c2cccs2)CC1.I. The van der Waals surface area contributed by atoms with Crippen molar-refractivity contribution in [3.63, 3.8) is 0 Å². The lowest BCUT2D eigenvalue weighted by Crippen LogP contribution is -2.53. The number of hydrogen-bond acceptors (Lipinski definition) is 5. The average Bonchev–Trinajstić information content (AvgIpc) is 3.22. The largest absolute Gasteiger partial charge is 0.379 e. The molecule has 0 unspecified atom stereocenters. The van der Waals surface area contributed by atoms with Crippen molar-refractivity contribution in [2.24, 2.45) is 4.99 Å². The maximum absolute atomic E-state index is 5.49. The van der Waals surface area contributed by atoms with Gasteiger partial charge in [-0.3, -0.25) is 9.89 Å². The highest BCUT2D eigenvalue weighted by atomic mass is 127. The van der Waals surface area contributed by atoms with E-state index in [-0.39, 0.29) is 29.5 Å². The highest BCUT2D eigenvalue weighted by Crippen LogP contribution is 2.24. The molecule has 0 atom stereocenters. The van der Waals surface area contributed by atoms with Gasteiger partial charge in [0.1, 0.15) is 0 Å². The number of ether oxygens (including phenoxy) is 1. The quantitative estimate of drug-likeness (QED) is 0.343. The second-order valence-electron chi connectivity index (χ2n) is 7.96. The molecule has 0 amide bonds. The van der Waals surface area contributed by atoms with Gasteiger partial charge in [0.05, 0.1) is 24.8 Å². The molecule has 8 heteroatoms. The summed E-state index contributed by atoms with van der Waals surface area (Å²) in [5.41, 5.74) is 0.0503. The Morgan fingerprint density at radius 3 is 2.57 bits per heavy atom. The highest BCUT2D eigenvalue weighted by molar-refractivity contribution is 14.0. The minimum Gasteiger partial charge on any atom is -0.379 e. The molecule has 2 N–H and O–H groups in total. The van der Waals surface area contributed by atoms with Crippen LogP contribution in [0.5, 0.6) is 0 Å². The monoisotopic (exact) mass is 521 g/mol. The molecule has 0 aromatic carbocycles. The van der Waals surface area contributed by atoms with E-state index in [1.54, 1.807) is 0 Å². The Bertz CT molecular complexity index is 581. The van der Waals surface area contributed by atoms with Gasteiger partial charge in [0.25, 0.3) is 0 Å². The predicted molar refractivity (Wildman–Crippen MR) is 131 cm³/mol. The van der Waals surface area contributed by atoms with Gasteiger partial charge in [0, 0.05) is 44.3 Å². The first-order valence-electron chi connectivity index (χ1n) is 10.2. The summed E-state index contributed by atoms with van der Waals surface area (Å²) in [6.07, 6.45) is 2.30. The third kappa shape index (κ3) is 6.74. The van der Waals surface area contributed by atoms with E-state index in [2.05, 4.69) is 58.7 Å². The Labute approximate surface area is 191 Å². The molecule has 2 aliphatic heterocycles. The summed E-state index contributed by atoms with van der Waals surface area (Å²) in [7, 11) is 0. The number of nitrogens with one attached hydrogen (secondary N) is 2. The van der Waals surface area contributed by atoms with Crippen molar-refractivity contribution in [1.29, 1.82) is 0 Å². The van der Waals surface area contributed by atoms with Crippen LogP contribution in [-0.2, 0) is 4.74 Å². The van der Waals surface area contributed by atoms with E-state index >= 15 is 0 Å². The molecule has 0 aliphatic carbocycles. The smallest absolute Gasteiger partial charge is 0.191 e. The summed E-state index contributed by atoms with van der Waals surface area (Å²) in [6.45, 7) is 14.2. The number of guanidine groups is 1. The van der Waals surface area contributed by atoms with Gasteiger partial charge >= 0.3 is 0 Å². The molecular weight excluding hydrogens is 485 g/mol. The Hall–Kier alpha value is -0.580. The molecule has 0 bridgehead atoms. The normalized spacial score (nSPS) is 20.0. The second-order valence-corrected chi connectivity index (χ2v) is 8.89. The Kier molecular flexibility index (Phi) is 9.79. The molecule has 2 saturated heterocycles. The van der Waals surface area contributed by atoms with Gasteiger partial charge in [-0.15, -0.1) is 35.3 Å². The average molecular weight is 522 g/mol. The molecule has 160 valence electrons. The van der Waals surface area contributed by atoms with Crippen molar-refractivity contribution in [2.75, 3.05) is 57.4 Å². The lowest BCUT2D eigenvalue weighted by atomic mass is 10.0. The summed E-state index contributed by atoms with van der Waals surface area (Å²) in [6, 6.07) is 4.85. The van der Waals surface area contributed by atoms with Crippen LogP contribution in [0.1, 0.15) is 33.6 Å². The molecule has 3 heterocycles. The van der Waals surface area contributed by atoms with E-state index in [9.17, 15) is 0 Å². The standard InChI is InChI=1S/C20H35N5OS.HI/c1-4-21-19(22-16-20(2,3)25-11-13-26-14-12-25)23-17-7-9-24(10-8-17)18-6-5-15-27-18;/h5-6,15,17H,4,7-14,16H2,1-3H3,(H2,21,22,23);1H. The van der Waals surface area contributed by atoms with E-state index in [1.807, 2.05) is 11.3 Å². The minimum atomic E-state index is 0. The summed E-state index contributed by atoms with van der Waals surface area (Å²) in [5, 5.41) is 10.6. The fraction of sp³-hybridized carbons (Fsp3) is 0.750. The van der Waals surface area contributed by atoms with E-state index in [0.29, 0.717) is 6.04 Å². The van der Waals surface area contributed by atoms with Crippen molar-refractivity contribution in [2.45, 2.75) is 45.2 Å².